The summed E-state index contributed by atoms with van der Waals surface area (Å²) in [6.45, 7) is 4.16. The van der Waals surface area contributed by atoms with Gasteiger partial charge in [0.05, 0.1) is 21.6 Å². The molecule has 1 aliphatic heterocycles. The number of thioether (sulfide) groups is 1. The van der Waals surface area contributed by atoms with Crippen LogP contribution >= 0.6 is 11.8 Å². The van der Waals surface area contributed by atoms with Crippen molar-refractivity contribution in [1.29, 1.82) is 0 Å². The first-order valence-electron chi connectivity index (χ1n) is 7.40. The van der Waals surface area contributed by atoms with E-state index in [4.69, 9.17) is 0 Å². The van der Waals surface area contributed by atoms with Crippen molar-refractivity contribution in [3.8, 4) is 0 Å². The Kier molecular flexibility index (Phi) is 3.58. The molecule has 0 spiro atoms. The van der Waals surface area contributed by atoms with Gasteiger partial charge in [0.15, 0.2) is 0 Å². The van der Waals surface area contributed by atoms with E-state index >= 15 is 0 Å². The topological polar surface area (TPSA) is 47.8 Å². The largest absolute Gasteiger partial charge is 0.291 e. The van der Waals surface area contributed by atoms with Crippen molar-refractivity contribution in [3.63, 3.8) is 0 Å². The molecule has 6 heteroatoms. The minimum atomic E-state index is -1.30. The molecular weight excluding hydrogens is 326 g/mol. The predicted octanol–water partition coefficient (Wildman–Crippen LogP) is 3.93. The fourth-order valence-electron chi connectivity index (χ4n) is 2.77. The van der Waals surface area contributed by atoms with E-state index < -0.39 is 10.8 Å². The van der Waals surface area contributed by atoms with Crippen LogP contribution in [0.4, 0.5) is 0 Å². The summed E-state index contributed by atoms with van der Waals surface area (Å²) in [5.74, 6) is 0.999. The molecule has 3 heterocycles. The van der Waals surface area contributed by atoms with Crippen LogP contribution in [0.1, 0.15) is 18.2 Å². The molecule has 0 N–H and O–H groups in total. The van der Waals surface area contributed by atoms with Gasteiger partial charge in [-0.25, -0.2) is 9.19 Å². The molecule has 0 saturated heterocycles. The number of benzene rings is 1. The molecule has 0 radical (unpaired) electrons. The van der Waals surface area contributed by atoms with Gasteiger partial charge in [0.25, 0.3) is 0 Å². The molecule has 1 aromatic carbocycles. The molecule has 0 saturated carbocycles. The van der Waals surface area contributed by atoms with Crippen LogP contribution < -0.4 is 0 Å². The first-order valence-corrected chi connectivity index (χ1v) is 9.53. The Morgan fingerprint density at radius 3 is 2.91 bits per heavy atom. The molecule has 0 bridgehead atoms. The van der Waals surface area contributed by atoms with E-state index in [0.29, 0.717) is 5.16 Å². The van der Waals surface area contributed by atoms with E-state index in [1.807, 2.05) is 48.0 Å². The predicted molar refractivity (Wildman–Crippen MR) is 95.7 cm³/mol. The molecule has 1 atom stereocenters. The lowest BCUT2D eigenvalue weighted by atomic mass is 10.2. The molecular formula is C17H15N3OS2. The van der Waals surface area contributed by atoms with Gasteiger partial charge in [0, 0.05) is 17.3 Å². The Morgan fingerprint density at radius 1 is 1.26 bits per heavy atom. The highest BCUT2D eigenvalue weighted by atomic mass is 32.2. The van der Waals surface area contributed by atoms with Crippen LogP contribution in [0.5, 0.6) is 0 Å². The van der Waals surface area contributed by atoms with E-state index in [-0.39, 0.29) is 0 Å². The zero-order valence-electron chi connectivity index (χ0n) is 12.8. The van der Waals surface area contributed by atoms with E-state index in [2.05, 4.69) is 16.9 Å². The molecule has 23 heavy (non-hydrogen) atoms. The van der Waals surface area contributed by atoms with Gasteiger partial charge in [0.2, 0.25) is 5.16 Å². The Morgan fingerprint density at radius 2 is 2.09 bits per heavy atom. The summed E-state index contributed by atoms with van der Waals surface area (Å²) in [5.41, 5.74) is 3.72. The van der Waals surface area contributed by atoms with Gasteiger partial charge in [-0.1, -0.05) is 19.1 Å². The van der Waals surface area contributed by atoms with Crippen LogP contribution in [-0.4, -0.2) is 24.5 Å². The van der Waals surface area contributed by atoms with E-state index in [9.17, 15) is 4.21 Å². The Balaban J connectivity index is 1.87. The van der Waals surface area contributed by atoms with Crippen molar-refractivity contribution in [1.82, 2.24) is 14.5 Å². The highest BCUT2D eigenvalue weighted by Crippen LogP contribution is 2.36. The first kappa shape index (κ1) is 14.7. The number of aromatic nitrogens is 3. The molecule has 0 aliphatic carbocycles. The van der Waals surface area contributed by atoms with Crippen LogP contribution in [0.2, 0.25) is 0 Å². The molecule has 0 fully saturated rings. The maximum Gasteiger partial charge on any atom is 0.209 e. The minimum absolute atomic E-state index is 0.580. The fraction of sp³-hybridized carbons (Fsp3) is 0.176. The maximum absolute atomic E-state index is 12.9. The highest BCUT2D eigenvalue weighted by Gasteiger charge is 2.28. The SMILES string of the molecule is CCSc1ccnc(C2=Cn3c(nc4ccccc43)S2=O)c1C. The van der Waals surface area contributed by atoms with Crippen LogP contribution in [0.15, 0.2) is 46.6 Å². The third-order valence-corrected chi connectivity index (χ3v) is 6.22. The van der Waals surface area contributed by atoms with Gasteiger partial charge in [-0.05, 0) is 36.4 Å². The van der Waals surface area contributed by atoms with E-state index in [1.165, 1.54) is 4.90 Å². The first-order chi connectivity index (χ1) is 11.2. The lowest BCUT2D eigenvalue weighted by Crippen LogP contribution is -1.99. The van der Waals surface area contributed by atoms with Gasteiger partial charge in [-0.2, -0.15) is 0 Å². The Labute approximate surface area is 141 Å². The lowest BCUT2D eigenvalue weighted by molar-refractivity contribution is 0.683. The van der Waals surface area contributed by atoms with E-state index in [1.54, 1.807) is 18.0 Å². The standard InChI is InChI=1S/C17H15N3OS2/c1-3-22-14-8-9-18-16(11(14)2)15-10-20-13-7-5-4-6-12(13)19-17(20)23(15)21/h4-10H,3H2,1-2H3. The van der Waals surface area contributed by atoms with Gasteiger partial charge in [-0.15, -0.1) is 11.8 Å². The number of fused-ring (bicyclic) bond motifs is 3. The second-order valence-electron chi connectivity index (χ2n) is 5.23. The Bertz CT molecular complexity index is 975. The summed E-state index contributed by atoms with van der Waals surface area (Å²) in [5, 5.41) is 0.580. The van der Waals surface area contributed by atoms with Crippen LogP contribution in [-0.2, 0) is 10.8 Å². The van der Waals surface area contributed by atoms with Crippen LogP contribution in [0.25, 0.3) is 22.1 Å². The van der Waals surface area contributed by atoms with Gasteiger partial charge in [0.1, 0.15) is 10.8 Å². The number of pyridine rings is 1. The summed E-state index contributed by atoms with van der Waals surface area (Å²) in [7, 11) is -1.30. The smallest absolute Gasteiger partial charge is 0.209 e. The zero-order chi connectivity index (χ0) is 16.0. The quantitative estimate of drug-likeness (QED) is 0.677. The number of hydrogen-bond donors (Lipinski definition) is 0. The number of para-hydroxylation sites is 2. The molecule has 116 valence electrons. The number of hydrogen-bond acceptors (Lipinski definition) is 4. The zero-order valence-corrected chi connectivity index (χ0v) is 14.4. The summed E-state index contributed by atoms with van der Waals surface area (Å²) in [6.07, 6.45) is 3.70. The van der Waals surface area contributed by atoms with Crippen molar-refractivity contribution in [2.45, 2.75) is 23.9 Å². The molecule has 1 unspecified atom stereocenters. The third kappa shape index (κ3) is 2.24. The fourth-order valence-corrected chi connectivity index (χ4v) is 4.84. The van der Waals surface area contributed by atoms with Crippen molar-refractivity contribution in [3.05, 3.63) is 47.8 Å². The Hall–Kier alpha value is -1.92. The van der Waals surface area contributed by atoms with Gasteiger partial charge >= 0.3 is 0 Å². The second kappa shape index (κ2) is 5.62. The molecule has 4 nitrogen and oxygen atoms in total. The van der Waals surface area contributed by atoms with Crippen LogP contribution in [0.3, 0.4) is 0 Å². The molecule has 2 aromatic heterocycles. The van der Waals surface area contributed by atoms with Crippen LogP contribution in [0, 0.1) is 6.92 Å². The molecule has 4 rings (SSSR count). The molecule has 3 aromatic rings. The summed E-state index contributed by atoms with van der Waals surface area (Å²) < 4.78 is 14.8. The van der Waals surface area contributed by atoms with Crippen molar-refractivity contribution >= 4 is 44.7 Å². The highest BCUT2D eigenvalue weighted by molar-refractivity contribution is 7.99. The number of nitrogens with zero attached hydrogens (tertiary/aromatic N) is 3. The molecule has 0 amide bonds. The van der Waals surface area contributed by atoms with Crippen molar-refractivity contribution in [2.75, 3.05) is 5.75 Å². The number of imidazole rings is 1. The average molecular weight is 341 g/mol. The second-order valence-corrected chi connectivity index (χ2v) is 7.88. The lowest BCUT2D eigenvalue weighted by Gasteiger charge is -2.09. The normalized spacial score (nSPS) is 16.6. The third-order valence-electron chi connectivity index (χ3n) is 3.86. The summed E-state index contributed by atoms with van der Waals surface area (Å²) in [4.78, 5) is 10.9. The van der Waals surface area contributed by atoms with Crippen molar-refractivity contribution in [2.24, 2.45) is 0 Å². The van der Waals surface area contributed by atoms with Crippen molar-refractivity contribution < 1.29 is 4.21 Å². The summed E-state index contributed by atoms with van der Waals surface area (Å²) in [6, 6.07) is 9.85. The van der Waals surface area contributed by atoms with E-state index in [0.717, 1.165) is 32.9 Å². The van der Waals surface area contributed by atoms with Gasteiger partial charge < -0.3 is 0 Å². The molecule has 1 aliphatic rings. The van der Waals surface area contributed by atoms with Gasteiger partial charge in [-0.3, -0.25) is 9.55 Å². The maximum atomic E-state index is 12.9. The minimum Gasteiger partial charge on any atom is -0.291 e. The average Bonchev–Trinajstić information content (AvgIpc) is 3.07. The number of rotatable bonds is 3. The monoisotopic (exact) mass is 341 g/mol. The summed E-state index contributed by atoms with van der Waals surface area (Å²) >= 11 is 1.78.